The number of fused-ring (bicyclic) bond motifs is 1. The van der Waals surface area contributed by atoms with Crippen molar-refractivity contribution in [2.24, 2.45) is 23.7 Å². The summed E-state index contributed by atoms with van der Waals surface area (Å²) in [4.78, 5) is 23.1. The summed E-state index contributed by atoms with van der Waals surface area (Å²) in [5.41, 5.74) is 0.958. The van der Waals surface area contributed by atoms with Gasteiger partial charge in [-0.05, 0) is 43.1 Å². The number of carbonyl (C=O) groups is 2. The molecule has 7 nitrogen and oxygen atoms in total. The number of esters is 1. The third kappa shape index (κ3) is 8.66. The van der Waals surface area contributed by atoms with Crippen LogP contribution in [0.25, 0.3) is 0 Å². The molecule has 31 heavy (non-hydrogen) atoms. The van der Waals surface area contributed by atoms with Crippen molar-refractivity contribution in [1.29, 1.82) is 0 Å². The van der Waals surface area contributed by atoms with Crippen molar-refractivity contribution in [1.82, 2.24) is 0 Å². The Kier molecular flexibility index (Phi) is 12.7. The minimum absolute atomic E-state index is 0. The first kappa shape index (κ1) is 29.0. The standard InChI is InChI=1S/C23H36O7.K.H/c1-4-13(2)23(29)30-20-11-17(25)9-15-6-5-14(3)19(22(15)20)8-7-16(24)10-18(26)12-21(27)28;;/h5-6,9,13-14,16-20,22,24-26H,4,7-8,10-12H2,1-3H3,(H,27,28);;/t13-,14-,16+,17+,18?,19-,20-,22-;;/m0../s1. The van der Waals surface area contributed by atoms with Crippen molar-refractivity contribution in [3.05, 3.63) is 23.8 Å². The Bertz CT molecular complexity index is 662. The monoisotopic (exact) mass is 464 g/mol. The molecular weight excluding hydrogens is 427 g/mol. The van der Waals surface area contributed by atoms with Crippen LogP contribution in [0.4, 0.5) is 0 Å². The van der Waals surface area contributed by atoms with Crippen molar-refractivity contribution in [3.8, 4) is 0 Å². The van der Waals surface area contributed by atoms with E-state index in [9.17, 15) is 24.9 Å². The second kappa shape index (κ2) is 13.6. The quantitative estimate of drug-likeness (QED) is 0.287. The van der Waals surface area contributed by atoms with Gasteiger partial charge in [-0.25, -0.2) is 0 Å². The molecule has 0 bridgehead atoms. The normalized spacial score (nSPS) is 30.3. The van der Waals surface area contributed by atoms with Gasteiger partial charge in [0.15, 0.2) is 0 Å². The molecule has 0 radical (unpaired) electrons. The van der Waals surface area contributed by atoms with E-state index in [0.29, 0.717) is 25.7 Å². The van der Waals surface area contributed by atoms with Gasteiger partial charge in [0.25, 0.3) is 0 Å². The number of aliphatic carboxylic acids is 1. The number of ether oxygens (including phenoxy) is 1. The van der Waals surface area contributed by atoms with E-state index in [1.807, 2.05) is 26.0 Å². The summed E-state index contributed by atoms with van der Waals surface area (Å²) < 4.78 is 5.84. The van der Waals surface area contributed by atoms with E-state index in [1.54, 1.807) is 0 Å². The molecular formula is C23H37KO7. The van der Waals surface area contributed by atoms with Gasteiger partial charge in [-0.15, -0.1) is 0 Å². The van der Waals surface area contributed by atoms with Crippen LogP contribution in [0.5, 0.6) is 0 Å². The molecule has 0 aromatic heterocycles. The first-order valence-corrected chi connectivity index (χ1v) is 11.0. The molecule has 0 amide bonds. The first-order chi connectivity index (χ1) is 14.1. The van der Waals surface area contributed by atoms with Crippen LogP contribution < -0.4 is 0 Å². The van der Waals surface area contributed by atoms with E-state index in [4.69, 9.17) is 9.84 Å². The summed E-state index contributed by atoms with van der Waals surface area (Å²) >= 11 is 0. The molecule has 2 aliphatic carbocycles. The van der Waals surface area contributed by atoms with E-state index in [1.165, 1.54) is 0 Å². The molecule has 0 aliphatic heterocycles. The van der Waals surface area contributed by atoms with Crippen LogP contribution in [0, 0.1) is 23.7 Å². The second-order valence-electron chi connectivity index (χ2n) is 8.88. The van der Waals surface area contributed by atoms with Crippen molar-refractivity contribution in [2.75, 3.05) is 0 Å². The zero-order chi connectivity index (χ0) is 22.4. The van der Waals surface area contributed by atoms with Gasteiger partial charge >= 0.3 is 63.3 Å². The van der Waals surface area contributed by atoms with Crippen molar-refractivity contribution in [2.45, 2.75) is 83.7 Å². The number of rotatable bonds is 10. The summed E-state index contributed by atoms with van der Waals surface area (Å²) in [6.07, 6.45) is 4.64. The number of hydrogen-bond donors (Lipinski definition) is 4. The maximum atomic E-state index is 12.4. The predicted octanol–water partition coefficient (Wildman–Crippen LogP) is 1.79. The molecule has 2 aliphatic rings. The van der Waals surface area contributed by atoms with Crippen LogP contribution in [-0.4, -0.2) is 108 Å². The van der Waals surface area contributed by atoms with Crippen molar-refractivity contribution in [3.63, 3.8) is 0 Å². The molecule has 0 fully saturated rings. The fourth-order valence-electron chi connectivity index (χ4n) is 4.52. The van der Waals surface area contributed by atoms with Crippen LogP contribution in [-0.2, 0) is 14.3 Å². The first-order valence-electron chi connectivity index (χ1n) is 11.0. The molecule has 1 unspecified atom stereocenters. The number of carbonyl (C=O) groups excluding carboxylic acids is 1. The Morgan fingerprint density at radius 3 is 2.55 bits per heavy atom. The summed E-state index contributed by atoms with van der Waals surface area (Å²) in [6.45, 7) is 5.85. The number of aliphatic hydroxyl groups is 3. The van der Waals surface area contributed by atoms with Crippen LogP contribution in [0.3, 0.4) is 0 Å². The van der Waals surface area contributed by atoms with E-state index < -0.39 is 30.4 Å². The van der Waals surface area contributed by atoms with Gasteiger partial charge in [0.1, 0.15) is 6.10 Å². The Morgan fingerprint density at radius 2 is 1.94 bits per heavy atom. The van der Waals surface area contributed by atoms with E-state index in [0.717, 1.165) is 5.57 Å². The summed E-state index contributed by atoms with van der Waals surface area (Å²) in [5, 5.41) is 39.1. The molecule has 4 N–H and O–H groups in total. The Hall–Kier alpha value is -0.0636. The van der Waals surface area contributed by atoms with E-state index >= 15 is 0 Å². The van der Waals surface area contributed by atoms with Gasteiger partial charge < -0.3 is 25.2 Å². The molecule has 2 rings (SSSR count). The number of carboxylic acid groups (broad SMARTS) is 1. The van der Waals surface area contributed by atoms with E-state index in [2.05, 4.69) is 13.0 Å². The molecule has 172 valence electrons. The number of hydrogen-bond acceptors (Lipinski definition) is 6. The molecule has 8 heteroatoms. The topological polar surface area (TPSA) is 124 Å². The fourth-order valence-corrected chi connectivity index (χ4v) is 4.52. The van der Waals surface area contributed by atoms with Crippen LogP contribution in [0.2, 0.25) is 0 Å². The number of carboxylic acids is 1. The Balaban J connectivity index is 0.00000480. The Morgan fingerprint density at radius 1 is 1.26 bits per heavy atom. The predicted molar refractivity (Wildman–Crippen MR) is 119 cm³/mol. The molecule has 0 heterocycles. The zero-order valence-corrected chi connectivity index (χ0v) is 18.1. The molecule has 0 saturated carbocycles. The number of allylic oxidation sites excluding steroid dienone is 2. The van der Waals surface area contributed by atoms with Gasteiger partial charge in [-0.2, -0.15) is 0 Å². The van der Waals surface area contributed by atoms with Crippen molar-refractivity contribution < 1.29 is 34.8 Å². The van der Waals surface area contributed by atoms with E-state index in [-0.39, 0.29) is 93.9 Å². The molecule has 0 aromatic rings. The fraction of sp³-hybridized carbons (Fsp3) is 0.739. The molecule has 0 aromatic carbocycles. The van der Waals surface area contributed by atoms with Crippen LogP contribution in [0.15, 0.2) is 23.8 Å². The summed E-state index contributed by atoms with van der Waals surface area (Å²) in [7, 11) is 0. The van der Waals surface area contributed by atoms with Gasteiger partial charge in [0, 0.05) is 12.3 Å². The maximum absolute atomic E-state index is 12.4. The third-order valence-corrected chi connectivity index (χ3v) is 6.44. The third-order valence-electron chi connectivity index (χ3n) is 6.44. The second-order valence-corrected chi connectivity index (χ2v) is 8.88. The van der Waals surface area contributed by atoms with Crippen molar-refractivity contribution >= 4 is 63.3 Å². The summed E-state index contributed by atoms with van der Waals surface area (Å²) in [5.74, 6) is -1.31. The summed E-state index contributed by atoms with van der Waals surface area (Å²) in [6, 6.07) is 0. The molecule has 8 atom stereocenters. The molecule has 0 saturated heterocycles. The SMILES string of the molecule is CC[C@H](C)C(=O)O[C@H]1C[C@H](O)C=C2C=C[C@H](C)[C@H](CC[C@@H](O)CC(O)CC(=O)O)[C@H]21.[KH]. The minimum atomic E-state index is -1.10. The Labute approximate surface area is 227 Å². The van der Waals surface area contributed by atoms with Crippen LogP contribution >= 0.6 is 0 Å². The molecule has 0 spiro atoms. The average molecular weight is 465 g/mol. The van der Waals surface area contributed by atoms with Gasteiger partial charge in [0.05, 0.1) is 30.7 Å². The number of aliphatic hydroxyl groups excluding tert-OH is 3. The van der Waals surface area contributed by atoms with Gasteiger partial charge in [-0.1, -0.05) is 39.0 Å². The van der Waals surface area contributed by atoms with Gasteiger partial charge in [0.2, 0.25) is 0 Å². The van der Waals surface area contributed by atoms with Gasteiger partial charge in [-0.3, -0.25) is 9.59 Å². The van der Waals surface area contributed by atoms with Crippen LogP contribution in [0.1, 0.15) is 59.3 Å². The zero-order valence-electron chi connectivity index (χ0n) is 18.1. The average Bonchev–Trinajstić information content (AvgIpc) is 2.65.